The fourth-order valence-electron chi connectivity index (χ4n) is 13.3. The van der Waals surface area contributed by atoms with Crippen LogP contribution in [0.15, 0.2) is 164 Å². The average Bonchev–Trinajstić information content (AvgIpc) is 1.63. The molecule has 3 nitrogen and oxygen atoms in total. The average molecular weight is 1160 g/mol. The third-order valence-electron chi connectivity index (χ3n) is 18.6. The monoisotopic (exact) mass is 1160 g/mol. The van der Waals surface area contributed by atoms with Crippen LogP contribution >= 0.6 is 0 Å². The Balaban J connectivity index is 1.01. The summed E-state index contributed by atoms with van der Waals surface area (Å²) in [5.41, 5.74) is 0. The van der Waals surface area contributed by atoms with E-state index in [4.69, 9.17) is 14.2 Å². The topological polar surface area (TPSA) is 27.7 Å². The number of fused-ring (bicyclic) bond motifs is 6. The van der Waals surface area contributed by atoms with E-state index in [1.54, 1.807) is 0 Å². The molecular weight excluding hydrogens is 1060 g/mol. The summed E-state index contributed by atoms with van der Waals surface area (Å²) in [6.07, 6.45) is 39.3. The highest BCUT2D eigenvalue weighted by Crippen LogP contribution is 2.39. The van der Waals surface area contributed by atoms with Crippen LogP contribution in [0.5, 0.6) is 17.2 Å². The zero-order valence-corrected chi connectivity index (χ0v) is 53.6. The third kappa shape index (κ3) is 18.1. The Labute approximate surface area is 522 Å². The lowest BCUT2D eigenvalue weighted by Crippen LogP contribution is -1.98. The summed E-state index contributed by atoms with van der Waals surface area (Å²) in [7, 11) is 0. The molecule has 10 aromatic carbocycles. The zero-order chi connectivity index (χ0) is 59.7. The van der Waals surface area contributed by atoms with Gasteiger partial charge in [-0.3, -0.25) is 0 Å². The largest absolute Gasteiger partial charge is 0.493 e. The Kier molecular flexibility index (Phi) is 24.7. The SMILES string of the molecule is CCCCCCCCCCCCOc1cc2ccc3ccc4ccc5cc(OCCCCCCCCCCCC)c6ccc(ccc7ccc8c(OCCCCCCCCCCCC)cc9ccc(ccc%10ccc1c(c%10)c2c3)cc9c8c7)cc6c5c4. The van der Waals surface area contributed by atoms with Gasteiger partial charge in [0.15, 0.2) is 0 Å². The molecule has 0 aromatic heterocycles. The highest BCUT2D eigenvalue weighted by Gasteiger charge is 2.13. The summed E-state index contributed by atoms with van der Waals surface area (Å²) in [6, 6.07) is 62.1. The van der Waals surface area contributed by atoms with Crippen LogP contribution in [0.2, 0.25) is 0 Å². The highest BCUT2D eigenvalue weighted by molar-refractivity contribution is 6.15. The summed E-state index contributed by atoms with van der Waals surface area (Å²) in [6.45, 7) is 9.09. The molecule has 456 valence electrons. The van der Waals surface area contributed by atoms with E-state index in [2.05, 4.69) is 185 Å². The first-order valence-corrected chi connectivity index (χ1v) is 35.0. The molecule has 0 amide bonds. The molecule has 0 fully saturated rings. The Morgan fingerprint density at radius 1 is 0.184 bits per heavy atom. The van der Waals surface area contributed by atoms with Crippen molar-refractivity contribution < 1.29 is 14.2 Å². The normalized spacial score (nSPS) is 11.8. The van der Waals surface area contributed by atoms with Crippen LogP contribution in [0.4, 0.5) is 0 Å². The molecule has 0 saturated heterocycles. The molecule has 0 saturated carbocycles. The smallest absolute Gasteiger partial charge is 0.127 e. The molecule has 87 heavy (non-hydrogen) atoms. The fourth-order valence-corrected chi connectivity index (χ4v) is 13.3. The molecule has 0 aliphatic rings. The van der Waals surface area contributed by atoms with Crippen molar-refractivity contribution in [3.8, 4) is 17.2 Å². The number of rotatable bonds is 36. The van der Waals surface area contributed by atoms with E-state index >= 15 is 0 Å². The van der Waals surface area contributed by atoms with Gasteiger partial charge in [-0.2, -0.15) is 0 Å². The number of ether oxygens (including phenoxy) is 3. The van der Waals surface area contributed by atoms with Crippen LogP contribution in [0.1, 0.15) is 213 Å². The minimum absolute atomic E-state index is 0.732. The van der Waals surface area contributed by atoms with Crippen molar-refractivity contribution in [3.05, 3.63) is 164 Å². The van der Waals surface area contributed by atoms with Crippen molar-refractivity contribution in [1.82, 2.24) is 0 Å². The maximum Gasteiger partial charge on any atom is 0.127 e. The van der Waals surface area contributed by atoms with Crippen molar-refractivity contribution in [2.24, 2.45) is 0 Å². The van der Waals surface area contributed by atoms with Crippen LogP contribution in [0, 0.1) is 0 Å². The van der Waals surface area contributed by atoms with Crippen LogP contribution in [0.3, 0.4) is 0 Å². The second kappa shape index (κ2) is 34.1. The summed E-state index contributed by atoms with van der Waals surface area (Å²) < 4.78 is 20.2. The Bertz CT molecular complexity index is 3910. The molecule has 12 bridgehead atoms. The maximum absolute atomic E-state index is 6.75. The molecule has 0 unspecified atom stereocenters. The first kappa shape index (κ1) is 63.2. The lowest BCUT2D eigenvalue weighted by atomic mass is 9.97. The predicted molar refractivity (Wildman–Crippen MR) is 382 cm³/mol. The summed E-state index contributed by atoms with van der Waals surface area (Å²) in [4.78, 5) is 0. The molecule has 0 atom stereocenters. The first-order chi connectivity index (χ1) is 43.0. The zero-order valence-electron chi connectivity index (χ0n) is 53.6. The van der Waals surface area contributed by atoms with E-state index in [0.717, 1.165) is 88.6 Å². The van der Waals surface area contributed by atoms with E-state index in [-0.39, 0.29) is 0 Å². The van der Waals surface area contributed by atoms with Gasteiger partial charge in [0.1, 0.15) is 17.2 Å². The predicted octanol–water partition coefficient (Wildman–Crippen LogP) is 26.7. The molecular formula is C84H102O3. The van der Waals surface area contributed by atoms with Gasteiger partial charge in [-0.15, -0.1) is 0 Å². The van der Waals surface area contributed by atoms with Crippen LogP contribution < -0.4 is 14.2 Å². The summed E-state index contributed by atoms with van der Waals surface area (Å²) in [5, 5.41) is 21.4. The Morgan fingerprint density at radius 2 is 0.379 bits per heavy atom. The van der Waals surface area contributed by atoms with Gasteiger partial charge in [-0.05, 0) is 155 Å². The van der Waals surface area contributed by atoms with Gasteiger partial charge in [0.2, 0.25) is 0 Å². The lowest BCUT2D eigenvalue weighted by Gasteiger charge is -2.13. The Hall–Kier alpha value is -6.84. The number of benzene rings is 9. The van der Waals surface area contributed by atoms with Gasteiger partial charge in [0.05, 0.1) is 19.8 Å². The van der Waals surface area contributed by atoms with Gasteiger partial charge in [-0.1, -0.05) is 303 Å². The van der Waals surface area contributed by atoms with E-state index in [0.29, 0.717) is 0 Å². The number of hydrogen-bond acceptors (Lipinski definition) is 3. The molecule has 3 heteroatoms. The second-order valence-electron chi connectivity index (χ2n) is 25.6. The lowest BCUT2D eigenvalue weighted by molar-refractivity contribution is 0.308. The molecule has 0 aliphatic carbocycles. The third-order valence-corrected chi connectivity index (χ3v) is 18.6. The van der Waals surface area contributed by atoms with Crippen molar-refractivity contribution in [2.75, 3.05) is 19.8 Å². The van der Waals surface area contributed by atoms with Crippen LogP contribution in [0.25, 0.3) is 97.0 Å². The molecule has 0 aliphatic heterocycles. The van der Waals surface area contributed by atoms with Crippen molar-refractivity contribution in [3.63, 3.8) is 0 Å². The molecule has 10 rings (SSSR count). The van der Waals surface area contributed by atoms with Crippen molar-refractivity contribution >= 4 is 97.0 Å². The number of hydrogen-bond donors (Lipinski definition) is 0. The van der Waals surface area contributed by atoms with Crippen molar-refractivity contribution in [1.29, 1.82) is 0 Å². The fraction of sp³-hybridized carbons (Fsp3) is 0.429. The molecule has 0 spiro atoms. The van der Waals surface area contributed by atoms with Crippen molar-refractivity contribution in [2.45, 2.75) is 213 Å². The standard InChI is InChI=1S/C84H102O3/c1-4-7-10-13-16-19-22-25-28-31-52-85-82-61-70-46-40-64-34-35-65-41-47-71-62-83(86-53-32-29-26-23-20-17-14-11-8-5-2)74-50-44-68(59-80(74)77(71)56-65)38-39-69-45-51-75-81(60-69)78-57-66(36-37-67-43-49-73(82)79(58-67)76(70)55-64)42-48-72(78)63-84(75)87-54-33-30-27-24-21-18-15-12-9-6-3/h34-51,55-63H,4-33,52-54H2,1-3H3. The van der Waals surface area contributed by atoms with Gasteiger partial charge >= 0.3 is 0 Å². The first-order valence-electron chi connectivity index (χ1n) is 35.0. The highest BCUT2D eigenvalue weighted by atomic mass is 16.5. The molecule has 10 aromatic rings. The maximum atomic E-state index is 6.75. The van der Waals surface area contributed by atoms with Gasteiger partial charge < -0.3 is 14.2 Å². The minimum atomic E-state index is 0.732. The molecule has 0 radical (unpaired) electrons. The Morgan fingerprint density at radius 3 is 0.621 bits per heavy atom. The molecule has 0 heterocycles. The van der Waals surface area contributed by atoms with E-state index in [1.165, 1.54) is 238 Å². The summed E-state index contributed by atoms with van der Waals surface area (Å²) in [5.74, 6) is 2.92. The van der Waals surface area contributed by atoms with Crippen LogP contribution in [-0.2, 0) is 0 Å². The van der Waals surface area contributed by atoms with E-state index < -0.39 is 0 Å². The van der Waals surface area contributed by atoms with Gasteiger partial charge in [0.25, 0.3) is 0 Å². The minimum Gasteiger partial charge on any atom is -0.493 e. The van der Waals surface area contributed by atoms with Gasteiger partial charge in [-0.25, -0.2) is 0 Å². The van der Waals surface area contributed by atoms with Gasteiger partial charge in [0, 0.05) is 16.2 Å². The molecule has 0 N–H and O–H groups in total. The number of unbranched alkanes of at least 4 members (excludes halogenated alkanes) is 27. The second-order valence-corrected chi connectivity index (χ2v) is 25.6. The van der Waals surface area contributed by atoms with E-state index in [9.17, 15) is 0 Å². The summed E-state index contributed by atoms with van der Waals surface area (Å²) >= 11 is 0. The quantitative estimate of drug-likeness (QED) is 0.0289. The van der Waals surface area contributed by atoms with E-state index in [1.807, 2.05) is 0 Å². The van der Waals surface area contributed by atoms with Crippen LogP contribution in [-0.4, -0.2) is 19.8 Å².